The Bertz CT molecular complexity index is 1820. The lowest BCUT2D eigenvalue weighted by atomic mass is 10.0. The van der Waals surface area contributed by atoms with E-state index in [9.17, 15) is 18.0 Å². The molecule has 2 atom stereocenters. The van der Waals surface area contributed by atoms with Crippen molar-refractivity contribution in [3.05, 3.63) is 113 Å². The van der Waals surface area contributed by atoms with Gasteiger partial charge in [-0.05, 0) is 54.8 Å². The summed E-state index contributed by atoms with van der Waals surface area (Å²) in [5, 5.41) is 3.26. The van der Waals surface area contributed by atoms with Gasteiger partial charge in [-0.3, -0.25) is 13.9 Å². The summed E-state index contributed by atoms with van der Waals surface area (Å²) in [5.74, 6) is -0.281. The molecule has 0 spiro atoms. The first-order valence-corrected chi connectivity index (χ1v) is 17.6. The van der Waals surface area contributed by atoms with Crippen molar-refractivity contribution in [3.8, 4) is 17.2 Å². The average Bonchev–Trinajstić information content (AvgIpc) is 3.12. The second-order valence-electron chi connectivity index (χ2n) is 11.4. The minimum Gasteiger partial charge on any atom is -0.495 e. The standard InChI is InChI=1S/C37H42ClN3O7S/c1-6-26(2)39-37(43)32(21-27-13-9-7-10-14-27)40(24-28-15-11-8-12-16-28)36(42)25-41(31-22-29(38)17-19-33(31)46-3)49(44,45)30-18-20-34(47-4)35(23-30)48-5/h7-20,22-23,26,32H,6,21,24-25H2,1-5H3,(H,39,43)/t26-,32+/m1/s1. The van der Waals surface area contributed by atoms with Crippen LogP contribution in [0.1, 0.15) is 31.4 Å². The second kappa shape index (κ2) is 17.1. The molecule has 0 aromatic heterocycles. The minimum atomic E-state index is -4.48. The van der Waals surface area contributed by atoms with Crippen molar-refractivity contribution >= 4 is 39.1 Å². The second-order valence-corrected chi connectivity index (χ2v) is 13.7. The molecule has 2 amide bonds. The van der Waals surface area contributed by atoms with Gasteiger partial charge in [0, 0.05) is 30.1 Å². The summed E-state index contributed by atoms with van der Waals surface area (Å²) in [6, 6.07) is 26.2. The number of carbonyl (C=O) groups excluding carboxylic acids is 2. The van der Waals surface area contributed by atoms with Crippen LogP contribution in [-0.4, -0.2) is 65.1 Å². The van der Waals surface area contributed by atoms with Crippen molar-refractivity contribution in [1.82, 2.24) is 10.2 Å². The van der Waals surface area contributed by atoms with Crippen molar-refractivity contribution in [3.63, 3.8) is 0 Å². The van der Waals surface area contributed by atoms with Crippen LogP contribution < -0.4 is 23.8 Å². The molecule has 0 aliphatic heterocycles. The third-order valence-electron chi connectivity index (χ3n) is 8.10. The van der Waals surface area contributed by atoms with Crippen LogP contribution in [0.25, 0.3) is 0 Å². The van der Waals surface area contributed by atoms with Crippen molar-refractivity contribution in [2.24, 2.45) is 0 Å². The van der Waals surface area contributed by atoms with Crippen molar-refractivity contribution < 1.29 is 32.2 Å². The van der Waals surface area contributed by atoms with E-state index in [4.69, 9.17) is 25.8 Å². The lowest BCUT2D eigenvalue weighted by Gasteiger charge is -2.34. The predicted octanol–water partition coefficient (Wildman–Crippen LogP) is 6.12. The van der Waals surface area contributed by atoms with Gasteiger partial charge in [0.05, 0.1) is 31.9 Å². The van der Waals surface area contributed by atoms with Crippen LogP contribution in [-0.2, 0) is 32.6 Å². The smallest absolute Gasteiger partial charge is 0.265 e. The van der Waals surface area contributed by atoms with Crippen molar-refractivity contribution in [2.45, 2.75) is 50.2 Å². The summed E-state index contributed by atoms with van der Waals surface area (Å²) in [7, 11) is -0.244. The molecule has 0 aliphatic carbocycles. The lowest BCUT2D eigenvalue weighted by Crippen LogP contribution is -2.54. The molecule has 10 nitrogen and oxygen atoms in total. The van der Waals surface area contributed by atoms with Gasteiger partial charge in [0.15, 0.2) is 11.5 Å². The number of halogens is 1. The molecule has 0 unspecified atom stereocenters. The van der Waals surface area contributed by atoms with E-state index in [2.05, 4.69) is 5.32 Å². The normalized spacial score (nSPS) is 12.4. The first-order chi connectivity index (χ1) is 23.5. The van der Waals surface area contributed by atoms with Crippen LogP contribution >= 0.6 is 11.6 Å². The Morgan fingerprint density at radius 3 is 1.98 bits per heavy atom. The molecule has 0 aliphatic rings. The zero-order valence-electron chi connectivity index (χ0n) is 28.3. The molecule has 0 saturated carbocycles. The predicted molar refractivity (Wildman–Crippen MR) is 191 cm³/mol. The summed E-state index contributed by atoms with van der Waals surface area (Å²) < 4.78 is 46.3. The maximum atomic E-state index is 14.7. The monoisotopic (exact) mass is 707 g/mol. The van der Waals surface area contributed by atoms with Gasteiger partial charge in [-0.1, -0.05) is 79.2 Å². The number of ether oxygens (including phenoxy) is 3. The number of amides is 2. The Kier molecular flexibility index (Phi) is 12.9. The van der Waals surface area contributed by atoms with Crippen LogP contribution in [0, 0.1) is 0 Å². The molecule has 0 radical (unpaired) electrons. The number of methoxy groups -OCH3 is 3. The molecule has 4 rings (SSSR count). The van der Waals surface area contributed by atoms with E-state index >= 15 is 0 Å². The molecule has 4 aromatic carbocycles. The van der Waals surface area contributed by atoms with Gasteiger partial charge in [0.1, 0.15) is 18.3 Å². The maximum Gasteiger partial charge on any atom is 0.265 e. The van der Waals surface area contributed by atoms with Gasteiger partial charge in [-0.25, -0.2) is 8.42 Å². The first kappa shape index (κ1) is 37.1. The average molecular weight is 708 g/mol. The molecule has 1 N–H and O–H groups in total. The number of rotatable bonds is 16. The summed E-state index contributed by atoms with van der Waals surface area (Å²) in [4.78, 5) is 30.0. The highest BCUT2D eigenvalue weighted by Gasteiger charge is 2.36. The Labute approximate surface area is 293 Å². The van der Waals surface area contributed by atoms with Gasteiger partial charge in [0.25, 0.3) is 10.0 Å². The van der Waals surface area contributed by atoms with Gasteiger partial charge >= 0.3 is 0 Å². The molecule has 4 aromatic rings. The Morgan fingerprint density at radius 2 is 1.39 bits per heavy atom. The number of sulfonamides is 1. The molecule has 0 heterocycles. The molecule has 260 valence electrons. The van der Waals surface area contributed by atoms with E-state index in [1.165, 1.54) is 56.6 Å². The van der Waals surface area contributed by atoms with E-state index in [1.54, 1.807) is 6.07 Å². The summed E-state index contributed by atoms with van der Waals surface area (Å²) in [5.41, 5.74) is 1.64. The van der Waals surface area contributed by atoms with Crippen LogP contribution in [0.5, 0.6) is 17.2 Å². The topological polar surface area (TPSA) is 114 Å². The Hall–Kier alpha value is -4.74. The molecule has 0 saturated heterocycles. The molecule has 49 heavy (non-hydrogen) atoms. The third kappa shape index (κ3) is 9.24. The summed E-state index contributed by atoms with van der Waals surface area (Å²) >= 11 is 6.39. The number of benzene rings is 4. The van der Waals surface area contributed by atoms with Crippen molar-refractivity contribution in [2.75, 3.05) is 32.2 Å². The molecule has 0 fully saturated rings. The number of carbonyl (C=O) groups is 2. The molecule has 12 heteroatoms. The number of anilines is 1. The third-order valence-corrected chi connectivity index (χ3v) is 10.1. The quantitative estimate of drug-likeness (QED) is 0.149. The number of hydrogen-bond donors (Lipinski definition) is 1. The fourth-order valence-electron chi connectivity index (χ4n) is 5.25. The van der Waals surface area contributed by atoms with E-state index in [1.807, 2.05) is 74.5 Å². The summed E-state index contributed by atoms with van der Waals surface area (Å²) in [6.45, 7) is 3.22. The minimum absolute atomic E-state index is 0.0430. The lowest BCUT2D eigenvalue weighted by molar-refractivity contribution is -0.140. The fourth-order valence-corrected chi connectivity index (χ4v) is 6.85. The summed E-state index contributed by atoms with van der Waals surface area (Å²) in [6.07, 6.45) is 0.882. The molecular formula is C37H42ClN3O7S. The number of nitrogens with zero attached hydrogens (tertiary/aromatic N) is 2. The molecular weight excluding hydrogens is 666 g/mol. The Balaban J connectivity index is 1.87. The Morgan fingerprint density at radius 1 is 0.796 bits per heavy atom. The van der Waals surface area contributed by atoms with Crippen LogP contribution in [0.4, 0.5) is 5.69 Å². The van der Waals surface area contributed by atoms with Crippen LogP contribution in [0.2, 0.25) is 5.02 Å². The highest BCUT2D eigenvalue weighted by Crippen LogP contribution is 2.37. The van der Waals surface area contributed by atoms with Crippen molar-refractivity contribution in [1.29, 1.82) is 0 Å². The maximum absolute atomic E-state index is 14.7. The number of nitrogens with one attached hydrogen (secondary N) is 1. The van der Waals surface area contributed by atoms with Gasteiger partial charge in [-0.15, -0.1) is 0 Å². The van der Waals surface area contributed by atoms with E-state index in [-0.39, 0.29) is 52.0 Å². The zero-order chi connectivity index (χ0) is 35.6. The van der Waals surface area contributed by atoms with Crippen LogP contribution in [0.3, 0.4) is 0 Å². The fraction of sp³-hybridized carbons (Fsp3) is 0.297. The van der Waals surface area contributed by atoms with E-state index in [0.717, 1.165) is 15.4 Å². The van der Waals surface area contributed by atoms with Gasteiger partial charge in [-0.2, -0.15) is 0 Å². The largest absolute Gasteiger partial charge is 0.495 e. The highest BCUT2D eigenvalue weighted by atomic mass is 35.5. The molecule has 0 bridgehead atoms. The first-order valence-electron chi connectivity index (χ1n) is 15.8. The van der Waals surface area contributed by atoms with Gasteiger partial charge in [0.2, 0.25) is 11.8 Å². The van der Waals surface area contributed by atoms with E-state index in [0.29, 0.717) is 12.2 Å². The number of hydrogen-bond acceptors (Lipinski definition) is 7. The SMILES string of the molecule is CC[C@@H](C)NC(=O)[C@H](Cc1ccccc1)N(Cc1ccccc1)C(=O)CN(c1cc(Cl)ccc1OC)S(=O)(=O)c1ccc(OC)c(OC)c1. The zero-order valence-corrected chi connectivity index (χ0v) is 29.8. The van der Waals surface area contributed by atoms with E-state index < -0.39 is 28.5 Å². The highest BCUT2D eigenvalue weighted by molar-refractivity contribution is 7.92. The van der Waals surface area contributed by atoms with Gasteiger partial charge < -0.3 is 24.4 Å². The van der Waals surface area contributed by atoms with Crippen LogP contribution in [0.15, 0.2) is 102 Å².